The molecule has 0 saturated heterocycles. The van der Waals surface area contributed by atoms with Crippen molar-refractivity contribution in [2.75, 3.05) is 6.61 Å². The summed E-state index contributed by atoms with van der Waals surface area (Å²) in [5, 5.41) is 0. The molecule has 0 fully saturated rings. The molecule has 1 aromatic rings. The van der Waals surface area contributed by atoms with Crippen molar-refractivity contribution < 1.29 is 4.74 Å². The van der Waals surface area contributed by atoms with E-state index in [0.29, 0.717) is 6.61 Å². The normalized spacial score (nSPS) is 14.6. The monoisotopic (exact) mass is 207 g/mol. The fourth-order valence-corrected chi connectivity index (χ4v) is 1.61. The molecule has 0 aromatic heterocycles. The van der Waals surface area contributed by atoms with Gasteiger partial charge in [-0.1, -0.05) is 31.5 Å². The first-order valence-electron chi connectivity index (χ1n) is 5.61. The van der Waals surface area contributed by atoms with Crippen molar-refractivity contribution in [2.45, 2.75) is 38.6 Å². The highest BCUT2D eigenvalue weighted by atomic mass is 16.5. The van der Waals surface area contributed by atoms with Gasteiger partial charge in [-0.3, -0.25) is 0 Å². The van der Waals surface area contributed by atoms with Crippen LogP contribution in [0.1, 0.15) is 33.1 Å². The number of para-hydroxylation sites is 1. The van der Waals surface area contributed by atoms with Gasteiger partial charge in [0.15, 0.2) is 0 Å². The molecule has 0 amide bonds. The Hall–Kier alpha value is -1.02. The van der Waals surface area contributed by atoms with Crippen LogP contribution in [0.2, 0.25) is 0 Å². The summed E-state index contributed by atoms with van der Waals surface area (Å²) in [7, 11) is 0. The minimum absolute atomic E-state index is 0.0937. The zero-order chi connectivity index (χ0) is 11.1. The van der Waals surface area contributed by atoms with Crippen LogP contribution in [0.3, 0.4) is 0 Å². The Kier molecular flexibility index (Phi) is 4.63. The number of benzene rings is 1. The maximum atomic E-state index is 6.11. The topological polar surface area (TPSA) is 35.2 Å². The number of hydrogen-bond acceptors (Lipinski definition) is 2. The van der Waals surface area contributed by atoms with Gasteiger partial charge in [0, 0.05) is 5.54 Å². The second kappa shape index (κ2) is 5.76. The number of hydrogen-bond donors (Lipinski definition) is 1. The fourth-order valence-electron chi connectivity index (χ4n) is 1.61. The van der Waals surface area contributed by atoms with Gasteiger partial charge in [0.1, 0.15) is 5.75 Å². The molecule has 15 heavy (non-hydrogen) atoms. The van der Waals surface area contributed by atoms with E-state index in [9.17, 15) is 0 Å². The van der Waals surface area contributed by atoms with E-state index >= 15 is 0 Å². The molecule has 2 N–H and O–H groups in total. The first-order valence-corrected chi connectivity index (χ1v) is 5.61. The van der Waals surface area contributed by atoms with Crippen LogP contribution in [0, 0.1) is 0 Å². The summed E-state index contributed by atoms with van der Waals surface area (Å²) in [4.78, 5) is 0. The third kappa shape index (κ3) is 4.84. The van der Waals surface area contributed by atoms with E-state index in [0.717, 1.165) is 25.0 Å². The fraction of sp³-hybridized carbons (Fsp3) is 0.538. The third-order valence-electron chi connectivity index (χ3n) is 2.51. The van der Waals surface area contributed by atoms with Gasteiger partial charge in [0.25, 0.3) is 0 Å². The second-order valence-electron chi connectivity index (χ2n) is 4.32. The molecular weight excluding hydrogens is 186 g/mol. The predicted molar refractivity (Wildman–Crippen MR) is 64.1 cm³/mol. The average Bonchev–Trinajstić information content (AvgIpc) is 2.19. The molecule has 0 aliphatic rings. The highest BCUT2D eigenvalue weighted by Gasteiger charge is 2.16. The molecule has 0 spiro atoms. The Morgan fingerprint density at radius 3 is 2.47 bits per heavy atom. The average molecular weight is 207 g/mol. The van der Waals surface area contributed by atoms with Crippen molar-refractivity contribution >= 4 is 0 Å². The molecule has 0 heterocycles. The molecule has 2 nitrogen and oxygen atoms in total. The van der Waals surface area contributed by atoms with E-state index < -0.39 is 0 Å². The van der Waals surface area contributed by atoms with Crippen LogP contribution in [0.4, 0.5) is 0 Å². The summed E-state index contributed by atoms with van der Waals surface area (Å²) in [6, 6.07) is 9.87. The van der Waals surface area contributed by atoms with Gasteiger partial charge in [-0.05, 0) is 31.9 Å². The van der Waals surface area contributed by atoms with E-state index in [1.54, 1.807) is 0 Å². The summed E-state index contributed by atoms with van der Waals surface area (Å²) in [5.74, 6) is 0.921. The first kappa shape index (κ1) is 12.1. The minimum Gasteiger partial charge on any atom is -0.494 e. The summed E-state index contributed by atoms with van der Waals surface area (Å²) in [5.41, 5.74) is 6.02. The zero-order valence-corrected chi connectivity index (χ0v) is 9.70. The minimum atomic E-state index is -0.0937. The largest absolute Gasteiger partial charge is 0.494 e. The van der Waals surface area contributed by atoms with E-state index in [4.69, 9.17) is 10.5 Å². The van der Waals surface area contributed by atoms with E-state index in [1.807, 2.05) is 30.3 Å². The van der Waals surface area contributed by atoms with Gasteiger partial charge in [-0.2, -0.15) is 0 Å². The summed E-state index contributed by atoms with van der Waals surface area (Å²) < 4.78 is 5.61. The lowest BCUT2D eigenvalue weighted by Crippen LogP contribution is -2.37. The smallest absolute Gasteiger partial charge is 0.119 e. The maximum Gasteiger partial charge on any atom is 0.119 e. The third-order valence-corrected chi connectivity index (χ3v) is 2.51. The molecule has 2 heteroatoms. The van der Waals surface area contributed by atoms with Crippen molar-refractivity contribution in [3.63, 3.8) is 0 Å². The molecule has 0 saturated carbocycles. The van der Waals surface area contributed by atoms with Crippen molar-refractivity contribution in [3.05, 3.63) is 30.3 Å². The van der Waals surface area contributed by atoms with Gasteiger partial charge in [-0.15, -0.1) is 0 Å². The van der Waals surface area contributed by atoms with E-state index in [2.05, 4.69) is 13.8 Å². The highest BCUT2D eigenvalue weighted by Crippen LogP contribution is 2.15. The highest BCUT2D eigenvalue weighted by molar-refractivity contribution is 5.20. The molecule has 0 aliphatic heterocycles. The second-order valence-corrected chi connectivity index (χ2v) is 4.32. The van der Waals surface area contributed by atoms with Crippen LogP contribution in [-0.2, 0) is 0 Å². The molecule has 84 valence electrons. The van der Waals surface area contributed by atoms with Gasteiger partial charge in [-0.25, -0.2) is 0 Å². The summed E-state index contributed by atoms with van der Waals surface area (Å²) in [6.07, 6.45) is 3.07. The molecular formula is C13H21NO. The van der Waals surface area contributed by atoms with Crippen LogP contribution < -0.4 is 10.5 Å². The molecule has 1 unspecified atom stereocenters. The van der Waals surface area contributed by atoms with Crippen LogP contribution in [0.25, 0.3) is 0 Å². The van der Waals surface area contributed by atoms with Crippen LogP contribution in [-0.4, -0.2) is 12.1 Å². The van der Waals surface area contributed by atoms with Crippen LogP contribution in [0.15, 0.2) is 30.3 Å². The Balaban J connectivity index is 2.27. The molecule has 0 radical (unpaired) electrons. The zero-order valence-electron chi connectivity index (χ0n) is 9.70. The lowest BCUT2D eigenvalue weighted by atomic mass is 9.94. The maximum absolute atomic E-state index is 6.11. The van der Waals surface area contributed by atoms with Gasteiger partial charge in [0.2, 0.25) is 0 Å². The van der Waals surface area contributed by atoms with E-state index in [1.165, 1.54) is 0 Å². The number of rotatable bonds is 6. The molecule has 1 atom stereocenters. The molecule has 0 bridgehead atoms. The Bertz CT molecular complexity index is 269. The molecule has 1 rings (SSSR count). The summed E-state index contributed by atoms with van der Waals surface area (Å²) >= 11 is 0. The Morgan fingerprint density at radius 1 is 1.20 bits per heavy atom. The lowest BCUT2D eigenvalue weighted by molar-refractivity contribution is 0.258. The van der Waals surface area contributed by atoms with Gasteiger partial charge < -0.3 is 10.5 Å². The lowest BCUT2D eigenvalue weighted by Gasteiger charge is -2.23. The van der Waals surface area contributed by atoms with Crippen molar-refractivity contribution in [2.24, 2.45) is 5.73 Å². The van der Waals surface area contributed by atoms with Crippen molar-refractivity contribution in [3.8, 4) is 5.75 Å². The predicted octanol–water partition coefficient (Wildman–Crippen LogP) is 2.97. The van der Waals surface area contributed by atoms with Crippen LogP contribution >= 0.6 is 0 Å². The van der Waals surface area contributed by atoms with Crippen LogP contribution in [0.5, 0.6) is 5.75 Å². The quantitative estimate of drug-likeness (QED) is 0.778. The molecule has 1 aromatic carbocycles. The molecule has 0 aliphatic carbocycles. The van der Waals surface area contributed by atoms with E-state index in [-0.39, 0.29) is 5.54 Å². The number of ether oxygens (including phenoxy) is 1. The summed E-state index contributed by atoms with van der Waals surface area (Å²) in [6.45, 7) is 4.94. The van der Waals surface area contributed by atoms with Gasteiger partial charge >= 0.3 is 0 Å². The Labute approximate surface area is 92.4 Å². The standard InChI is InChI=1S/C13H21NO/c1-3-9-13(2,14)10-11-15-12-7-5-4-6-8-12/h4-8H,3,9-11,14H2,1-2H3. The SMILES string of the molecule is CCCC(C)(N)CCOc1ccccc1. The Morgan fingerprint density at radius 2 is 1.87 bits per heavy atom. The van der Waals surface area contributed by atoms with Crippen molar-refractivity contribution in [1.29, 1.82) is 0 Å². The number of nitrogens with two attached hydrogens (primary N) is 1. The first-order chi connectivity index (χ1) is 7.14. The van der Waals surface area contributed by atoms with Gasteiger partial charge in [0.05, 0.1) is 6.61 Å². The van der Waals surface area contributed by atoms with Crippen molar-refractivity contribution in [1.82, 2.24) is 0 Å².